The Morgan fingerprint density at radius 3 is 2.55 bits per heavy atom. The van der Waals surface area contributed by atoms with Gasteiger partial charge in [-0.05, 0) is 24.5 Å². The van der Waals surface area contributed by atoms with Gasteiger partial charge in [-0.25, -0.2) is 0 Å². The molecule has 0 atom stereocenters. The van der Waals surface area contributed by atoms with E-state index in [0.717, 1.165) is 18.4 Å². The second kappa shape index (κ2) is 3.02. The van der Waals surface area contributed by atoms with Crippen molar-refractivity contribution in [1.29, 1.82) is 0 Å². The van der Waals surface area contributed by atoms with Gasteiger partial charge in [0.15, 0.2) is 5.78 Å². The molecule has 0 amide bonds. The van der Waals surface area contributed by atoms with E-state index in [-0.39, 0.29) is 5.41 Å². The standard InChI is InChI=1S/C9H14OS/c1-9(2)5-4-7(6-11-3)8(9)10/h6H,4-5H2,1-3H3/b7-6-. The number of rotatable bonds is 1. The van der Waals surface area contributed by atoms with Gasteiger partial charge in [0.25, 0.3) is 0 Å². The van der Waals surface area contributed by atoms with E-state index in [0.29, 0.717) is 5.78 Å². The normalized spacial score (nSPS) is 26.5. The molecule has 0 N–H and O–H groups in total. The van der Waals surface area contributed by atoms with Crippen molar-refractivity contribution >= 4 is 17.5 Å². The van der Waals surface area contributed by atoms with Crippen LogP contribution in [0, 0.1) is 5.41 Å². The Balaban J connectivity index is 2.79. The number of hydrogen-bond acceptors (Lipinski definition) is 2. The Morgan fingerprint density at radius 2 is 2.18 bits per heavy atom. The van der Waals surface area contributed by atoms with E-state index < -0.39 is 0 Å². The van der Waals surface area contributed by atoms with Gasteiger partial charge in [-0.1, -0.05) is 13.8 Å². The van der Waals surface area contributed by atoms with Crippen LogP contribution in [0.1, 0.15) is 26.7 Å². The van der Waals surface area contributed by atoms with Gasteiger partial charge in [-0.3, -0.25) is 4.79 Å². The van der Waals surface area contributed by atoms with Crippen LogP contribution in [0.3, 0.4) is 0 Å². The fraction of sp³-hybridized carbons (Fsp3) is 0.667. The average Bonchev–Trinajstić information content (AvgIpc) is 2.17. The zero-order chi connectivity index (χ0) is 8.48. The molecule has 1 nitrogen and oxygen atoms in total. The third-order valence-corrected chi connectivity index (χ3v) is 2.71. The summed E-state index contributed by atoms with van der Waals surface area (Å²) in [5, 5.41) is 1.98. The molecule has 0 unspecified atom stereocenters. The summed E-state index contributed by atoms with van der Waals surface area (Å²) >= 11 is 1.62. The van der Waals surface area contributed by atoms with E-state index in [1.165, 1.54) is 0 Å². The molecule has 1 saturated carbocycles. The summed E-state index contributed by atoms with van der Waals surface area (Å²) in [7, 11) is 0. The molecule has 0 aromatic heterocycles. The summed E-state index contributed by atoms with van der Waals surface area (Å²) in [5.41, 5.74) is 0.921. The summed E-state index contributed by atoms with van der Waals surface area (Å²) in [4.78, 5) is 11.5. The van der Waals surface area contributed by atoms with E-state index >= 15 is 0 Å². The number of carbonyl (C=O) groups is 1. The maximum Gasteiger partial charge on any atom is 0.164 e. The molecule has 0 saturated heterocycles. The molecule has 62 valence electrons. The molecule has 0 aromatic rings. The summed E-state index contributed by atoms with van der Waals surface area (Å²) in [6, 6.07) is 0. The lowest BCUT2D eigenvalue weighted by molar-refractivity contribution is -0.121. The first-order valence-electron chi connectivity index (χ1n) is 3.84. The monoisotopic (exact) mass is 170 g/mol. The summed E-state index contributed by atoms with van der Waals surface area (Å²) in [6.45, 7) is 4.05. The molecule has 0 spiro atoms. The lowest BCUT2D eigenvalue weighted by Crippen LogP contribution is -2.16. The topological polar surface area (TPSA) is 17.1 Å². The van der Waals surface area contributed by atoms with Gasteiger partial charge < -0.3 is 0 Å². The highest BCUT2D eigenvalue weighted by Crippen LogP contribution is 2.37. The smallest absolute Gasteiger partial charge is 0.164 e. The quantitative estimate of drug-likeness (QED) is 0.563. The van der Waals surface area contributed by atoms with Crippen LogP contribution in [0.25, 0.3) is 0 Å². The van der Waals surface area contributed by atoms with E-state index in [2.05, 4.69) is 0 Å². The number of thioether (sulfide) groups is 1. The molecule has 2 heteroatoms. The zero-order valence-corrected chi connectivity index (χ0v) is 8.12. The number of ketones is 1. The Hall–Kier alpha value is -0.240. The Labute approximate surface area is 72.2 Å². The van der Waals surface area contributed by atoms with Crippen LogP contribution in [-0.4, -0.2) is 12.0 Å². The van der Waals surface area contributed by atoms with Crippen LogP contribution in [-0.2, 0) is 4.79 Å². The van der Waals surface area contributed by atoms with Gasteiger partial charge in [-0.15, -0.1) is 11.8 Å². The van der Waals surface area contributed by atoms with Crippen molar-refractivity contribution in [2.45, 2.75) is 26.7 Å². The van der Waals surface area contributed by atoms with Crippen molar-refractivity contribution in [3.63, 3.8) is 0 Å². The van der Waals surface area contributed by atoms with Crippen LogP contribution in [0.5, 0.6) is 0 Å². The number of hydrogen-bond donors (Lipinski definition) is 0. The second-order valence-corrected chi connectivity index (χ2v) is 4.30. The van der Waals surface area contributed by atoms with Crippen LogP contribution in [0.2, 0.25) is 0 Å². The SMILES string of the molecule is CS/C=C1/CCC(C)(C)C1=O. The minimum atomic E-state index is -0.0957. The average molecular weight is 170 g/mol. The van der Waals surface area contributed by atoms with Crippen molar-refractivity contribution in [3.8, 4) is 0 Å². The maximum atomic E-state index is 11.5. The minimum Gasteiger partial charge on any atom is -0.294 e. The van der Waals surface area contributed by atoms with Crippen LogP contribution >= 0.6 is 11.8 Å². The zero-order valence-electron chi connectivity index (χ0n) is 7.31. The van der Waals surface area contributed by atoms with E-state index in [9.17, 15) is 4.79 Å². The van der Waals surface area contributed by atoms with Gasteiger partial charge >= 0.3 is 0 Å². The first kappa shape index (κ1) is 8.85. The van der Waals surface area contributed by atoms with E-state index in [1.807, 2.05) is 25.5 Å². The number of Topliss-reactive ketones (excluding diaryl/α,β-unsaturated/α-hetero) is 1. The van der Waals surface area contributed by atoms with Crippen LogP contribution in [0.4, 0.5) is 0 Å². The predicted molar refractivity (Wildman–Crippen MR) is 49.6 cm³/mol. The molecule has 0 radical (unpaired) electrons. The summed E-state index contributed by atoms with van der Waals surface area (Å²) < 4.78 is 0. The van der Waals surface area contributed by atoms with Gasteiger partial charge in [0, 0.05) is 11.0 Å². The first-order chi connectivity index (χ1) is 5.08. The molecule has 11 heavy (non-hydrogen) atoms. The van der Waals surface area contributed by atoms with Crippen LogP contribution in [0.15, 0.2) is 11.0 Å². The maximum absolute atomic E-state index is 11.5. The molecule has 0 heterocycles. The van der Waals surface area contributed by atoms with E-state index in [4.69, 9.17) is 0 Å². The van der Waals surface area contributed by atoms with Crippen molar-refractivity contribution in [3.05, 3.63) is 11.0 Å². The van der Waals surface area contributed by atoms with E-state index in [1.54, 1.807) is 11.8 Å². The Kier molecular flexibility index (Phi) is 2.43. The molecule has 0 bridgehead atoms. The molecule has 1 fully saturated rings. The minimum absolute atomic E-state index is 0.0957. The van der Waals surface area contributed by atoms with Gasteiger partial charge in [0.2, 0.25) is 0 Å². The fourth-order valence-electron chi connectivity index (χ4n) is 1.36. The molecular weight excluding hydrogens is 156 g/mol. The number of allylic oxidation sites excluding steroid dienone is 1. The molecule has 0 aromatic carbocycles. The van der Waals surface area contributed by atoms with Crippen molar-refractivity contribution < 1.29 is 4.79 Å². The highest BCUT2D eigenvalue weighted by atomic mass is 32.2. The largest absolute Gasteiger partial charge is 0.294 e. The fourth-order valence-corrected chi connectivity index (χ4v) is 1.87. The number of carbonyl (C=O) groups excluding carboxylic acids is 1. The predicted octanol–water partition coefficient (Wildman–Crippen LogP) is 2.62. The van der Waals surface area contributed by atoms with Gasteiger partial charge in [0.05, 0.1) is 0 Å². The lowest BCUT2D eigenvalue weighted by atomic mass is 9.90. The Morgan fingerprint density at radius 1 is 1.55 bits per heavy atom. The third-order valence-electron chi connectivity index (χ3n) is 2.19. The molecule has 1 rings (SSSR count). The van der Waals surface area contributed by atoms with Gasteiger partial charge in [0.1, 0.15) is 0 Å². The van der Waals surface area contributed by atoms with Gasteiger partial charge in [-0.2, -0.15) is 0 Å². The Bertz CT molecular complexity index is 204. The molecule has 0 aliphatic heterocycles. The molecule has 1 aliphatic carbocycles. The highest BCUT2D eigenvalue weighted by molar-refractivity contribution is 8.01. The molecular formula is C9H14OS. The molecule has 1 aliphatic rings. The van der Waals surface area contributed by atoms with Crippen molar-refractivity contribution in [2.75, 3.05) is 6.26 Å². The van der Waals surface area contributed by atoms with Crippen molar-refractivity contribution in [2.24, 2.45) is 5.41 Å². The summed E-state index contributed by atoms with van der Waals surface area (Å²) in [5.74, 6) is 0.340. The highest BCUT2D eigenvalue weighted by Gasteiger charge is 2.35. The third kappa shape index (κ3) is 1.67. The van der Waals surface area contributed by atoms with Crippen molar-refractivity contribution in [1.82, 2.24) is 0 Å². The summed E-state index contributed by atoms with van der Waals surface area (Å²) in [6.07, 6.45) is 3.97. The van der Waals surface area contributed by atoms with Crippen LogP contribution < -0.4 is 0 Å². The lowest BCUT2D eigenvalue weighted by Gasteiger charge is -2.12. The first-order valence-corrected chi connectivity index (χ1v) is 5.13. The second-order valence-electron chi connectivity index (χ2n) is 3.59.